The van der Waals surface area contributed by atoms with E-state index in [1.807, 2.05) is 0 Å². The maximum atomic E-state index is 2.51. The second kappa shape index (κ2) is 4.36. The Morgan fingerprint density at radius 2 is 1.54 bits per heavy atom. The number of nitrogens with zero attached hydrogens (tertiary/aromatic N) is 2. The van der Waals surface area contributed by atoms with Crippen LogP contribution < -0.4 is 0 Å². The number of likely N-dealkylation sites (N-methyl/N-ethyl adjacent to an activating group) is 2. The molecule has 1 fully saturated rings. The van der Waals surface area contributed by atoms with Crippen molar-refractivity contribution in [2.75, 3.05) is 27.2 Å². The average molecular weight is 287 g/mol. The Morgan fingerprint density at radius 1 is 1.08 bits per heavy atom. The van der Waals surface area contributed by atoms with Gasteiger partial charge in [0.25, 0.3) is 0 Å². The van der Waals surface area contributed by atoms with E-state index in [4.69, 9.17) is 0 Å². The summed E-state index contributed by atoms with van der Waals surface area (Å²) in [6, 6.07) is 0. The van der Waals surface area contributed by atoms with Crippen LogP contribution in [0.5, 0.6) is 0 Å². The van der Waals surface area contributed by atoms with E-state index in [1.165, 1.54) is 13.1 Å². The summed E-state index contributed by atoms with van der Waals surface area (Å²) in [5, 5.41) is 0. The fraction of sp³-hybridized carbons (Fsp3) is 0.778. The minimum absolute atomic E-state index is 0.552. The first-order chi connectivity index (χ1) is 5.90. The third-order valence-corrected chi connectivity index (χ3v) is 5.88. The Hall–Kier alpha value is 0.524. The van der Waals surface area contributed by atoms with E-state index in [-0.39, 0.29) is 0 Å². The molecule has 0 N–H and O–H groups in total. The van der Waals surface area contributed by atoms with Crippen molar-refractivity contribution in [3.8, 4) is 0 Å². The van der Waals surface area contributed by atoms with E-state index in [9.17, 15) is 0 Å². The quantitative estimate of drug-likeness (QED) is 0.707. The van der Waals surface area contributed by atoms with E-state index in [0.717, 1.165) is 0 Å². The normalized spacial score (nSPS) is 22.1. The van der Waals surface area contributed by atoms with Crippen molar-refractivity contribution in [1.29, 1.82) is 0 Å². The molecule has 4 heteroatoms. The van der Waals surface area contributed by atoms with Gasteiger partial charge in [0, 0.05) is 0 Å². The molecule has 2 nitrogen and oxygen atoms in total. The zero-order valence-electron chi connectivity index (χ0n) is 9.54. The van der Waals surface area contributed by atoms with Crippen LogP contribution in [0.2, 0.25) is 14.8 Å². The molecular weight excluding hydrogens is 266 g/mol. The summed E-state index contributed by atoms with van der Waals surface area (Å²) in [5.41, 5.74) is 0. The third-order valence-electron chi connectivity index (χ3n) is 2.48. The molecule has 0 saturated carbocycles. The molecule has 0 aliphatic carbocycles. The van der Waals surface area contributed by atoms with E-state index < -0.39 is 18.4 Å². The molecule has 1 saturated heterocycles. The number of hydrogen-bond acceptors (Lipinski definition) is 2. The van der Waals surface area contributed by atoms with Gasteiger partial charge in [0.1, 0.15) is 0 Å². The Balaban J connectivity index is 2.57. The number of hydrogen-bond donors (Lipinski definition) is 0. The van der Waals surface area contributed by atoms with Gasteiger partial charge in [-0.25, -0.2) is 0 Å². The molecule has 1 heterocycles. The summed E-state index contributed by atoms with van der Waals surface area (Å²) in [5.74, 6) is 2.41. The molecule has 1 aliphatic heterocycles. The van der Waals surface area contributed by atoms with Gasteiger partial charge in [-0.3, -0.25) is 0 Å². The van der Waals surface area contributed by atoms with Crippen molar-refractivity contribution >= 4 is 25.4 Å². The molecule has 0 radical (unpaired) electrons. The molecule has 0 bridgehead atoms. The van der Waals surface area contributed by atoms with Crippen molar-refractivity contribution in [3.63, 3.8) is 0 Å². The average Bonchev–Trinajstić information content (AvgIpc) is 2.27. The van der Waals surface area contributed by atoms with Crippen LogP contribution in [0.15, 0.2) is 10.1 Å². The van der Waals surface area contributed by atoms with Crippen molar-refractivity contribution < 1.29 is 0 Å². The van der Waals surface area contributed by atoms with Gasteiger partial charge in [0.05, 0.1) is 0 Å². The maximum absolute atomic E-state index is 2.51. The van der Waals surface area contributed by atoms with Gasteiger partial charge < -0.3 is 0 Å². The summed E-state index contributed by atoms with van der Waals surface area (Å²) in [6.45, 7) is 2.95. The van der Waals surface area contributed by atoms with Crippen LogP contribution >= 0.6 is 0 Å². The second-order valence-corrected chi connectivity index (χ2v) is 19.6. The zero-order chi connectivity index (χ0) is 10.1. The van der Waals surface area contributed by atoms with Gasteiger partial charge in [-0.2, -0.15) is 0 Å². The van der Waals surface area contributed by atoms with Crippen LogP contribution in [0, 0.1) is 0 Å². The summed E-state index contributed by atoms with van der Waals surface area (Å²) < 4.78 is 2.51. The van der Waals surface area contributed by atoms with Crippen LogP contribution in [0.25, 0.3) is 0 Å². The molecule has 13 heavy (non-hydrogen) atoms. The van der Waals surface area contributed by atoms with Crippen LogP contribution in [-0.4, -0.2) is 62.2 Å². The second-order valence-electron chi connectivity index (χ2n) is 5.10. The minimum atomic E-state index is -1.69. The predicted molar refractivity (Wildman–Crippen MR) is 63.5 cm³/mol. The molecule has 0 unspecified atom stereocenters. The Bertz CT molecular complexity index is 190. The summed E-state index contributed by atoms with van der Waals surface area (Å²) in [4.78, 5) is 12.2. The zero-order valence-corrected chi connectivity index (χ0v) is 12.4. The van der Waals surface area contributed by atoms with Crippen LogP contribution in [-0.2, 0) is 0 Å². The monoisotopic (exact) mass is 288 g/mol. The summed E-state index contributed by atoms with van der Waals surface area (Å²) >= 11 is -1.69. The molecule has 74 valence electrons. The molecule has 0 atom stereocenters. The molecule has 0 aromatic carbocycles. The first-order valence-corrected chi connectivity index (χ1v) is 15.2. The number of rotatable bonds is 2. The topological polar surface area (TPSA) is 6.48 Å². The Labute approximate surface area is 87.0 Å². The van der Waals surface area contributed by atoms with Crippen LogP contribution in [0.3, 0.4) is 0 Å². The van der Waals surface area contributed by atoms with Crippen molar-refractivity contribution in [2.24, 2.45) is 0 Å². The van der Waals surface area contributed by atoms with Crippen molar-refractivity contribution in [3.05, 3.63) is 10.1 Å². The van der Waals surface area contributed by atoms with Crippen molar-refractivity contribution in [2.45, 2.75) is 14.8 Å². The van der Waals surface area contributed by atoms with Gasteiger partial charge in [0.15, 0.2) is 0 Å². The van der Waals surface area contributed by atoms with Gasteiger partial charge in [-0.15, -0.1) is 0 Å². The Kier molecular flexibility index (Phi) is 3.89. The SMILES string of the molecule is CN1CCN(C)B1/C=[CH]\[Sn]([CH3])([CH3])[CH3]. The van der Waals surface area contributed by atoms with Crippen LogP contribution in [0.4, 0.5) is 0 Å². The summed E-state index contributed by atoms with van der Waals surface area (Å²) in [7, 11) is 4.41. The third kappa shape index (κ3) is 3.64. The predicted octanol–water partition coefficient (Wildman–Crippen LogP) is 1.32. The first kappa shape index (κ1) is 11.6. The molecule has 0 spiro atoms. The van der Waals surface area contributed by atoms with Gasteiger partial charge in [-0.1, -0.05) is 0 Å². The van der Waals surface area contributed by atoms with Gasteiger partial charge in [-0.05, 0) is 0 Å². The van der Waals surface area contributed by atoms with Gasteiger partial charge >= 0.3 is 87.1 Å². The fourth-order valence-corrected chi connectivity index (χ4v) is 3.72. The van der Waals surface area contributed by atoms with E-state index >= 15 is 0 Å². The standard InChI is InChI=1S/C6H12BN2.3CH3.Sn/c1-4-7-8(2)5-6-9(7)3;;;;/h1,4H,5-6H2,2-3H3;3*1H3;. The molecule has 0 amide bonds. The molecular formula is C9H21BN2Sn. The summed E-state index contributed by atoms with van der Waals surface area (Å²) in [6.07, 6.45) is 0. The van der Waals surface area contributed by atoms with Crippen LogP contribution in [0.1, 0.15) is 0 Å². The molecule has 1 aliphatic rings. The van der Waals surface area contributed by atoms with E-state index in [0.29, 0.717) is 6.98 Å². The van der Waals surface area contributed by atoms with E-state index in [2.05, 4.69) is 48.6 Å². The van der Waals surface area contributed by atoms with Gasteiger partial charge in [0.2, 0.25) is 0 Å². The van der Waals surface area contributed by atoms with Crippen molar-refractivity contribution in [1.82, 2.24) is 9.62 Å². The Morgan fingerprint density at radius 3 is 1.92 bits per heavy atom. The molecule has 1 rings (SSSR count). The molecule has 0 aromatic rings. The fourth-order valence-electron chi connectivity index (χ4n) is 1.59. The first-order valence-electron chi connectivity index (χ1n) is 5.00. The molecule has 0 aromatic heterocycles. The van der Waals surface area contributed by atoms with E-state index in [1.54, 1.807) is 0 Å².